The highest BCUT2D eigenvalue weighted by molar-refractivity contribution is 5.83. The Kier molecular flexibility index (Phi) is 15.4. The lowest BCUT2D eigenvalue weighted by atomic mass is 9.97. The van der Waals surface area contributed by atoms with Crippen LogP contribution in [0.25, 0.3) is 0 Å². The molecule has 0 aliphatic carbocycles. The molecule has 0 aliphatic heterocycles. The number of aliphatic hydroxyl groups excluding tert-OH is 5. The molecule has 0 aromatic rings. The molecule has 0 spiro atoms. The third-order valence-corrected chi connectivity index (χ3v) is 4.61. The molecule has 0 saturated carbocycles. The summed E-state index contributed by atoms with van der Waals surface area (Å²) >= 11 is 0. The van der Waals surface area contributed by atoms with Gasteiger partial charge in [0.2, 0.25) is 0 Å². The average Bonchev–Trinajstić information content (AvgIpc) is 2.63. The average molecular weight is 363 g/mol. The number of ketones is 1. The Morgan fingerprint density at radius 1 is 0.720 bits per heavy atom. The van der Waals surface area contributed by atoms with Crippen molar-refractivity contribution >= 4 is 5.78 Å². The molecule has 4 atom stereocenters. The number of aliphatic hydroxyl groups is 5. The van der Waals surface area contributed by atoms with E-state index in [0.717, 1.165) is 19.3 Å². The van der Waals surface area contributed by atoms with E-state index in [-0.39, 0.29) is 6.42 Å². The zero-order chi connectivity index (χ0) is 19.1. The van der Waals surface area contributed by atoms with Gasteiger partial charge in [-0.3, -0.25) is 4.79 Å². The Labute approximate surface area is 151 Å². The van der Waals surface area contributed by atoms with Crippen molar-refractivity contribution in [3.8, 4) is 0 Å². The molecule has 0 aromatic carbocycles. The van der Waals surface area contributed by atoms with E-state index in [1.54, 1.807) is 0 Å². The monoisotopic (exact) mass is 362 g/mol. The van der Waals surface area contributed by atoms with Gasteiger partial charge in [0, 0.05) is 6.42 Å². The lowest BCUT2D eigenvalue weighted by Crippen LogP contribution is -2.48. The summed E-state index contributed by atoms with van der Waals surface area (Å²) in [5.74, 6) is -0.549. The third-order valence-electron chi connectivity index (χ3n) is 4.61. The standard InChI is InChI=1S/C19H38O6/c1-2-3-4-5-6-7-8-9-10-11-12-13-15(21)17(23)19(25)18(24)16(22)14-20/h16-20,22-25H,2-14H2,1H3/t16-,17+,18-,19-/m1/s1. The van der Waals surface area contributed by atoms with E-state index in [1.165, 1.54) is 44.9 Å². The minimum absolute atomic E-state index is 0.136. The number of carbonyl (C=O) groups excluding carboxylic acids is 1. The molecule has 0 amide bonds. The maximum atomic E-state index is 11.8. The maximum absolute atomic E-state index is 11.8. The van der Waals surface area contributed by atoms with E-state index >= 15 is 0 Å². The Morgan fingerprint density at radius 3 is 1.60 bits per heavy atom. The van der Waals surface area contributed by atoms with Crippen LogP contribution in [0.2, 0.25) is 0 Å². The molecule has 150 valence electrons. The van der Waals surface area contributed by atoms with Gasteiger partial charge in [-0.25, -0.2) is 0 Å². The maximum Gasteiger partial charge on any atom is 0.164 e. The predicted octanol–water partition coefficient (Wildman–Crippen LogP) is 1.69. The first-order valence-electron chi connectivity index (χ1n) is 9.81. The van der Waals surface area contributed by atoms with Gasteiger partial charge in [0.15, 0.2) is 5.78 Å². The molecular weight excluding hydrogens is 324 g/mol. The van der Waals surface area contributed by atoms with Crippen LogP contribution in [0.4, 0.5) is 0 Å². The molecule has 0 saturated heterocycles. The van der Waals surface area contributed by atoms with E-state index in [1.807, 2.05) is 0 Å². The molecule has 0 rings (SSSR count). The van der Waals surface area contributed by atoms with Crippen LogP contribution in [0.5, 0.6) is 0 Å². The SMILES string of the molecule is CCCCCCCCCCCCCC(=O)[C@H](O)[C@@H](O)[C@H](O)[C@H](O)CO. The lowest BCUT2D eigenvalue weighted by molar-refractivity contribution is -0.147. The Bertz CT molecular complexity index is 323. The van der Waals surface area contributed by atoms with Crippen molar-refractivity contribution in [3.05, 3.63) is 0 Å². The first kappa shape index (κ1) is 24.5. The van der Waals surface area contributed by atoms with Gasteiger partial charge in [-0.1, -0.05) is 71.1 Å². The van der Waals surface area contributed by atoms with Gasteiger partial charge >= 0.3 is 0 Å². The summed E-state index contributed by atoms with van der Waals surface area (Å²) in [4.78, 5) is 11.8. The van der Waals surface area contributed by atoms with Crippen molar-refractivity contribution in [2.45, 2.75) is 108 Å². The van der Waals surface area contributed by atoms with E-state index in [2.05, 4.69) is 6.92 Å². The van der Waals surface area contributed by atoms with E-state index in [4.69, 9.17) is 5.11 Å². The van der Waals surface area contributed by atoms with Crippen LogP contribution >= 0.6 is 0 Å². The Morgan fingerprint density at radius 2 is 1.16 bits per heavy atom. The van der Waals surface area contributed by atoms with Crippen molar-refractivity contribution in [3.63, 3.8) is 0 Å². The molecule has 0 aromatic heterocycles. The highest BCUT2D eigenvalue weighted by atomic mass is 16.4. The molecular formula is C19H38O6. The summed E-state index contributed by atoms with van der Waals surface area (Å²) in [6.07, 6.45) is 6.02. The summed E-state index contributed by atoms with van der Waals surface area (Å²) < 4.78 is 0. The smallest absolute Gasteiger partial charge is 0.164 e. The Balaban J connectivity index is 3.66. The summed E-state index contributed by atoms with van der Waals surface area (Å²) in [6, 6.07) is 0. The zero-order valence-corrected chi connectivity index (χ0v) is 15.6. The quantitative estimate of drug-likeness (QED) is 0.251. The largest absolute Gasteiger partial charge is 0.394 e. The molecule has 0 unspecified atom stereocenters. The van der Waals surface area contributed by atoms with E-state index in [9.17, 15) is 25.2 Å². The predicted molar refractivity (Wildman–Crippen MR) is 97.2 cm³/mol. The first-order valence-corrected chi connectivity index (χ1v) is 9.81. The van der Waals surface area contributed by atoms with Crippen molar-refractivity contribution < 1.29 is 30.3 Å². The lowest BCUT2D eigenvalue weighted by Gasteiger charge is -2.24. The number of rotatable bonds is 17. The minimum atomic E-state index is -1.79. The van der Waals surface area contributed by atoms with Crippen molar-refractivity contribution in [1.29, 1.82) is 0 Å². The zero-order valence-electron chi connectivity index (χ0n) is 15.6. The summed E-state index contributed by atoms with van der Waals surface area (Å²) in [7, 11) is 0. The minimum Gasteiger partial charge on any atom is -0.394 e. The Hall–Kier alpha value is -0.530. The van der Waals surface area contributed by atoms with Crippen LogP contribution in [0.3, 0.4) is 0 Å². The van der Waals surface area contributed by atoms with Crippen molar-refractivity contribution in [2.24, 2.45) is 0 Å². The molecule has 0 fully saturated rings. The molecule has 0 bridgehead atoms. The van der Waals surface area contributed by atoms with Gasteiger partial charge in [-0.2, -0.15) is 0 Å². The second kappa shape index (κ2) is 15.7. The van der Waals surface area contributed by atoms with Gasteiger partial charge in [-0.05, 0) is 6.42 Å². The van der Waals surface area contributed by atoms with Crippen LogP contribution < -0.4 is 0 Å². The molecule has 5 N–H and O–H groups in total. The fourth-order valence-electron chi connectivity index (χ4n) is 2.82. The van der Waals surface area contributed by atoms with Gasteiger partial charge in [0.25, 0.3) is 0 Å². The van der Waals surface area contributed by atoms with Crippen molar-refractivity contribution in [1.82, 2.24) is 0 Å². The molecule has 6 heteroatoms. The highest BCUT2D eigenvalue weighted by Crippen LogP contribution is 2.13. The second-order valence-corrected chi connectivity index (χ2v) is 6.93. The van der Waals surface area contributed by atoms with Gasteiger partial charge < -0.3 is 25.5 Å². The third kappa shape index (κ3) is 11.7. The summed E-state index contributed by atoms with van der Waals surface area (Å²) in [5, 5.41) is 46.8. The number of hydrogen-bond donors (Lipinski definition) is 5. The fourth-order valence-corrected chi connectivity index (χ4v) is 2.82. The number of Topliss-reactive ketones (excluding diaryl/α,β-unsaturated/α-hetero) is 1. The van der Waals surface area contributed by atoms with E-state index in [0.29, 0.717) is 6.42 Å². The second-order valence-electron chi connectivity index (χ2n) is 6.93. The molecule has 0 heterocycles. The van der Waals surface area contributed by atoms with Crippen LogP contribution in [0, 0.1) is 0 Å². The molecule has 25 heavy (non-hydrogen) atoms. The van der Waals surface area contributed by atoms with E-state index < -0.39 is 36.8 Å². The van der Waals surface area contributed by atoms with Gasteiger partial charge in [0.05, 0.1) is 6.61 Å². The van der Waals surface area contributed by atoms with Crippen LogP contribution in [-0.2, 0) is 4.79 Å². The highest BCUT2D eigenvalue weighted by Gasteiger charge is 2.33. The number of unbranched alkanes of at least 4 members (excludes halogenated alkanes) is 10. The van der Waals surface area contributed by atoms with Crippen LogP contribution in [0.15, 0.2) is 0 Å². The van der Waals surface area contributed by atoms with Crippen LogP contribution in [0.1, 0.15) is 84.0 Å². The van der Waals surface area contributed by atoms with Crippen molar-refractivity contribution in [2.75, 3.05) is 6.61 Å². The summed E-state index contributed by atoms with van der Waals surface area (Å²) in [6.45, 7) is 1.46. The topological polar surface area (TPSA) is 118 Å². The molecule has 0 radical (unpaired) electrons. The summed E-state index contributed by atoms with van der Waals surface area (Å²) in [5.41, 5.74) is 0. The fraction of sp³-hybridized carbons (Fsp3) is 0.947. The molecule has 0 aliphatic rings. The normalized spacial score (nSPS) is 16.4. The number of hydrogen-bond acceptors (Lipinski definition) is 6. The van der Waals surface area contributed by atoms with Crippen LogP contribution in [-0.4, -0.2) is 62.3 Å². The van der Waals surface area contributed by atoms with Gasteiger partial charge in [0.1, 0.15) is 24.4 Å². The number of carbonyl (C=O) groups is 1. The first-order chi connectivity index (χ1) is 12.0. The van der Waals surface area contributed by atoms with Gasteiger partial charge in [-0.15, -0.1) is 0 Å². The molecule has 6 nitrogen and oxygen atoms in total.